The number of nitrogens with two attached hydrogens (primary N) is 1. The van der Waals surface area contributed by atoms with E-state index >= 15 is 0 Å². The van der Waals surface area contributed by atoms with E-state index in [-0.39, 0.29) is 16.5 Å². The Morgan fingerprint density at radius 3 is 2.61 bits per heavy atom. The highest BCUT2D eigenvalue weighted by Crippen LogP contribution is 2.40. The van der Waals surface area contributed by atoms with E-state index in [1.165, 1.54) is 47.8 Å². The van der Waals surface area contributed by atoms with E-state index in [1.54, 1.807) is 0 Å². The van der Waals surface area contributed by atoms with E-state index in [4.69, 9.17) is 9.88 Å². The molecule has 1 heterocycles. The Balaban J connectivity index is 1.67. The zero-order chi connectivity index (χ0) is 19.9. The molecule has 2 aromatic carbocycles. The molecule has 0 bridgehead atoms. The summed E-state index contributed by atoms with van der Waals surface area (Å²) >= 11 is 1.43. The molecule has 0 saturated carbocycles. The van der Waals surface area contributed by atoms with Gasteiger partial charge in [-0.2, -0.15) is 0 Å². The Morgan fingerprint density at radius 2 is 1.86 bits per heavy atom. The molecular weight excluding hydrogens is 396 g/mol. The van der Waals surface area contributed by atoms with Crippen LogP contribution in [0.2, 0.25) is 0 Å². The number of benzene rings is 2. The zero-order valence-electron chi connectivity index (χ0n) is 15.1. The summed E-state index contributed by atoms with van der Waals surface area (Å²) in [7, 11) is -2.44. The van der Waals surface area contributed by atoms with E-state index in [2.05, 4.69) is 17.4 Å². The van der Waals surface area contributed by atoms with Crippen molar-refractivity contribution in [2.24, 2.45) is 5.14 Å². The van der Waals surface area contributed by atoms with Crippen LogP contribution in [-0.4, -0.2) is 21.4 Å². The highest BCUT2D eigenvalue weighted by atomic mass is 32.2. The van der Waals surface area contributed by atoms with E-state index in [1.807, 2.05) is 18.2 Å². The summed E-state index contributed by atoms with van der Waals surface area (Å²) in [4.78, 5) is 14.4. The topological polar surface area (TPSA) is 98.5 Å². The van der Waals surface area contributed by atoms with Crippen LogP contribution in [0.4, 0.5) is 5.69 Å². The first-order valence-corrected chi connectivity index (χ1v) is 11.0. The summed E-state index contributed by atoms with van der Waals surface area (Å²) in [5, 5.41) is 7.94. The maximum Gasteiger partial charge on any atom is 0.265 e. The fraction of sp³-hybridized carbons (Fsp3) is 0.150. The van der Waals surface area contributed by atoms with Crippen molar-refractivity contribution in [2.45, 2.75) is 17.7 Å². The van der Waals surface area contributed by atoms with Crippen molar-refractivity contribution in [2.75, 3.05) is 12.4 Å². The van der Waals surface area contributed by atoms with Crippen LogP contribution >= 0.6 is 11.3 Å². The summed E-state index contributed by atoms with van der Waals surface area (Å²) in [5.41, 5.74) is 3.86. The second-order valence-corrected chi connectivity index (χ2v) is 9.10. The lowest BCUT2D eigenvalue weighted by molar-refractivity contribution is 0.103. The number of anilines is 1. The number of primary sulfonamides is 1. The number of hydrogen-bond acceptors (Lipinski definition) is 5. The third kappa shape index (κ3) is 3.42. The minimum atomic E-state index is -3.89. The summed E-state index contributed by atoms with van der Waals surface area (Å²) in [6.45, 7) is 0. The molecule has 144 valence electrons. The number of hydrogen-bond donors (Lipinski definition) is 2. The summed E-state index contributed by atoms with van der Waals surface area (Å²) < 4.78 is 28.5. The van der Waals surface area contributed by atoms with Crippen LogP contribution in [0.1, 0.15) is 20.8 Å². The molecule has 0 atom stereocenters. The number of thiophene rings is 1. The van der Waals surface area contributed by atoms with Gasteiger partial charge in [-0.05, 0) is 53.8 Å². The number of nitrogens with one attached hydrogen (secondary N) is 1. The maximum absolute atomic E-state index is 12.8. The lowest BCUT2D eigenvalue weighted by Gasteiger charge is -2.15. The van der Waals surface area contributed by atoms with Gasteiger partial charge in [-0.1, -0.05) is 24.3 Å². The smallest absolute Gasteiger partial charge is 0.265 e. The first-order valence-electron chi connectivity index (χ1n) is 8.60. The third-order valence-corrected chi connectivity index (χ3v) is 6.83. The quantitative estimate of drug-likeness (QED) is 0.683. The van der Waals surface area contributed by atoms with E-state index in [0.717, 1.165) is 23.3 Å². The fourth-order valence-corrected chi connectivity index (χ4v) is 5.03. The van der Waals surface area contributed by atoms with Gasteiger partial charge in [0.15, 0.2) is 0 Å². The average Bonchev–Trinajstić information content (AvgIpc) is 3.12. The Morgan fingerprint density at radius 1 is 1.11 bits per heavy atom. The molecule has 28 heavy (non-hydrogen) atoms. The summed E-state index contributed by atoms with van der Waals surface area (Å²) in [6.07, 6.45) is 1.84. The molecule has 0 spiro atoms. The summed E-state index contributed by atoms with van der Waals surface area (Å²) in [5.74, 6) is 0.0363. The van der Waals surface area contributed by atoms with Crippen molar-refractivity contribution < 1.29 is 17.9 Å². The van der Waals surface area contributed by atoms with Gasteiger partial charge in [-0.15, -0.1) is 11.3 Å². The molecule has 1 aromatic heterocycles. The Bertz CT molecular complexity index is 1180. The molecule has 0 aliphatic heterocycles. The van der Waals surface area contributed by atoms with Crippen molar-refractivity contribution in [1.29, 1.82) is 0 Å². The largest absolute Gasteiger partial charge is 0.495 e. The van der Waals surface area contributed by atoms with Crippen molar-refractivity contribution >= 4 is 33.0 Å². The molecule has 3 N–H and O–H groups in total. The molecular formula is C20H18N2O4S2. The monoisotopic (exact) mass is 414 g/mol. The van der Waals surface area contributed by atoms with Gasteiger partial charge in [-0.3, -0.25) is 4.79 Å². The second kappa shape index (κ2) is 7.05. The van der Waals surface area contributed by atoms with Crippen molar-refractivity contribution in [3.05, 3.63) is 64.5 Å². The molecule has 8 heteroatoms. The molecule has 4 rings (SSSR count). The predicted molar refractivity (Wildman–Crippen MR) is 109 cm³/mol. The fourth-order valence-electron chi connectivity index (χ4n) is 3.33. The van der Waals surface area contributed by atoms with Crippen LogP contribution in [0.15, 0.2) is 53.4 Å². The third-order valence-electron chi connectivity index (χ3n) is 4.71. The Kier molecular flexibility index (Phi) is 4.70. The number of carbonyl (C=O) groups is 1. The highest BCUT2D eigenvalue weighted by molar-refractivity contribution is 7.89. The number of amides is 1. The molecule has 6 nitrogen and oxygen atoms in total. The normalized spacial score (nSPS) is 12.8. The lowest BCUT2D eigenvalue weighted by Crippen LogP contribution is -2.15. The minimum absolute atomic E-state index is 0.0944. The number of rotatable bonds is 4. The van der Waals surface area contributed by atoms with Crippen LogP contribution in [0.3, 0.4) is 0 Å². The number of sulfonamides is 1. The zero-order valence-corrected chi connectivity index (χ0v) is 16.7. The number of methoxy groups -OCH3 is 1. The Hall–Kier alpha value is -2.68. The van der Waals surface area contributed by atoms with Gasteiger partial charge in [0, 0.05) is 4.88 Å². The van der Waals surface area contributed by atoms with Gasteiger partial charge in [0.25, 0.3) is 5.91 Å². The van der Waals surface area contributed by atoms with Crippen LogP contribution in [0.5, 0.6) is 5.75 Å². The second-order valence-electron chi connectivity index (χ2n) is 6.48. The molecule has 1 aliphatic rings. The van der Waals surface area contributed by atoms with Crippen molar-refractivity contribution in [3.63, 3.8) is 0 Å². The molecule has 1 amide bonds. The first-order chi connectivity index (χ1) is 13.4. The van der Waals surface area contributed by atoms with Gasteiger partial charge < -0.3 is 10.1 Å². The van der Waals surface area contributed by atoms with Gasteiger partial charge >= 0.3 is 0 Å². The van der Waals surface area contributed by atoms with E-state index in [9.17, 15) is 13.2 Å². The highest BCUT2D eigenvalue weighted by Gasteiger charge is 2.22. The van der Waals surface area contributed by atoms with Crippen LogP contribution in [-0.2, 0) is 22.9 Å². The number of carbonyl (C=O) groups excluding carboxylic acids is 1. The van der Waals surface area contributed by atoms with Crippen LogP contribution < -0.4 is 15.2 Å². The lowest BCUT2D eigenvalue weighted by atomic mass is 9.91. The number of ether oxygens (including phenoxy) is 1. The maximum atomic E-state index is 12.8. The van der Waals surface area contributed by atoms with Gasteiger partial charge in [0.2, 0.25) is 10.0 Å². The van der Waals surface area contributed by atoms with Gasteiger partial charge in [0.05, 0.1) is 22.6 Å². The van der Waals surface area contributed by atoms with Gasteiger partial charge in [-0.25, -0.2) is 13.6 Å². The number of fused-ring (bicyclic) bond motifs is 3. The van der Waals surface area contributed by atoms with Crippen LogP contribution in [0, 0.1) is 0 Å². The first kappa shape index (κ1) is 18.7. The minimum Gasteiger partial charge on any atom is -0.495 e. The molecule has 0 saturated heterocycles. The van der Waals surface area contributed by atoms with Crippen molar-refractivity contribution in [3.8, 4) is 16.2 Å². The summed E-state index contributed by atoms with van der Waals surface area (Å²) in [6, 6.07) is 14.2. The van der Waals surface area contributed by atoms with Crippen LogP contribution in [0.25, 0.3) is 10.4 Å². The standard InChI is InChI=1S/C20H18N2O4S2/c1-26-17-9-8-14(28(21,24)25)11-16(17)22-20(23)18-10-13-7-6-12-4-2-3-5-15(12)19(13)27-18/h2-5,8-11H,6-7H2,1H3,(H,22,23)(H2,21,24,25). The molecule has 0 fully saturated rings. The SMILES string of the molecule is COc1ccc(S(N)(=O)=O)cc1NC(=O)c1cc2c(s1)-c1ccccc1CC2. The van der Waals surface area contributed by atoms with Crippen molar-refractivity contribution in [1.82, 2.24) is 0 Å². The molecule has 3 aromatic rings. The average molecular weight is 415 g/mol. The molecule has 1 aliphatic carbocycles. The number of aryl methyl sites for hydroxylation is 2. The van der Waals surface area contributed by atoms with E-state index in [0.29, 0.717) is 10.6 Å². The van der Waals surface area contributed by atoms with E-state index < -0.39 is 10.0 Å². The van der Waals surface area contributed by atoms with Gasteiger partial charge in [0.1, 0.15) is 5.75 Å². The predicted octanol–water partition coefficient (Wildman–Crippen LogP) is 3.42. The molecule has 0 radical (unpaired) electrons. The molecule has 0 unspecified atom stereocenters. The Labute approximate surface area is 167 Å².